The van der Waals surface area contributed by atoms with Crippen LogP contribution in [0.1, 0.15) is 132 Å². The minimum Gasteiger partial charge on any atom is -0.394 e. The van der Waals surface area contributed by atoms with E-state index in [1.807, 2.05) is 0 Å². The molecule has 0 radical (unpaired) electrons. The zero-order chi connectivity index (χ0) is 79.6. The van der Waals surface area contributed by atoms with E-state index in [1.54, 1.807) is 7.11 Å². The number of ether oxygens (including phenoxy) is 13. The van der Waals surface area contributed by atoms with Crippen molar-refractivity contribution in [2.45, 2.75) is 229 Å². The van der Waals surface area contributed by atoms with Crippen LogP contribution in [0.2, 0.25) is 0 Å². The SMILES string of the molecule is CC(C)(C)C.COCCCCCCNC(=O)CCCC(=O)NC(CCC(=O)NCCOCCOCCOC1OC(CO)C(O)C(O)C1NC(C)=O)(CCC(=O)NCCOCCOCCOC1OC(CO)C(O)C(O)C1NC(C)=O)CCC(=O)NCCOCCOCCOC1OC(CO)C(O)C(O)C1NC(C)=O. The van der Waals surface area contributed by atoms with E-state index in [-0.39, 0.29) is 182 Å². The van der Waals surface area contributed by atoms with Crippen molar-refractivity contribution in [1.82, 2.24) is 42.5 Å². The van der Waals surface area contributed by atoms with Gasteiger partial charge in [-0.25, -0.2) is 0 Å². The van der Waals surface area contributed by atoms with E-state index < -0.39 is 159 Å². The molecule has 3 fully saturated rings. The minimum atomic E-state index is -1.48. The lowest BCUT2D eigenvalue weighted by Crippen LogP contribution is -2.64. The first-order valence-corrected chi connectivity index (χ1v) is 36.9. The topological polar surface area (TPSA) is 535 Å². The van der Waals surface area contributed by atoms with Crippen LogP contribution in [-0.4, -0.2) is 350 Å². The second-order valence-corrected chi connectivity index (χ2v) is 27.6. The van der Waals surface area contributed by atoms with Crippen LogP contribution in [0.3, 0.4) is 0 Å². The molecule has 0 aromatic heterocycles. The Kier molecular flexibility index (Phi) is 52.2. The lowest BCUT2D eigenvalue weighted by Gasteiger charge is -2.42. The van der Waals surface area contributed by atoms with E-state index in [0.29, 0.717) is 18.6 Å². The van der Waals surface area contributed by atoms with Gasteiger partial charge in [-0.15, -0.1) is 0 Å². The fourth-order valence-corrected chi connectivity index (χ4v) is 11.0. The average molecular weight is 1550 g/mol. The van der Waals surface area contributed by atoms with Crippen molar-refractivity contribution < 1.29 is 146 Å². The summed E-state index contributed by atoms with van der Waals surface area (Å²) in [6, 6.07) is -3.35. The van der Waals surface area contributed by atoms with Gasteiger partial charge in [0.1, 0.15) is 73.1 Å². The molecule has 3 heterocycles. The fraction of sp³-hybridized carbons (Fsp3) is 0.884. The molecular formula is C69H128N8O30. The number of aliphatic hydroxyl groups is 9. The molecule has 0 aliphatic carbocycles. The van der Waals surface area contributed by atoms with Crippen molar-refractivity contribution in [1.29, 1.82) is 0 Å². The number of unbranched alkanes of at least 4 members (excludes halogenated alkanes) is 3. The molecule has 38 nitrogen and oxygen atoms in total. The number of carbonyl (C=O) groups excluding carboxylic acids is 8. The Labute approximate surface area is 627 Å². The lowest BCUT2D eigenvalue weighted by atomic mass is 9.82. The van der Waals surface area contributed by atoms with Gasteiger partial charge in [0.15, 0.2) is 18.9 Å². The molecule has 0 spiro atoms. The highest BCUT2D eigenvalue weighted by Gasteiger charge is 2.48. The third-order valence-electron chi connectivity index (χ3n) is 16.4. The van der Waals surface area contributed by atoms with Crippen LogP contribution < -0.4 is 42.5 Å². The van der Waals surface area contributed by atoms with Crippen molar-refractivity contribution in [3.05, 3.63) is 0 Å². The molecule has 0 bridgehead atoms. The molecule has 624 valence electrons. The van der Waals surface area contributed by atoms with Gasteiger partial charge >= 0.3 is 0 Å². The number of rotatable bonds is 57. The quantitative estimate of drug-likeness (QED) is 0.0254. The highest BCUT2D eigenvalue weighted by molar-refractivity contribution is 5.81. The Morgan fingerprint density at radius 1 is 0.346 bits per heavy atom. The molecule has 3 aliphatic heterocycles. The minimum absolute atomic E-state index is 0.0254. The van der Waals surface area contributed by atoms with Crippen molar-refractivity contribution in [2.24, 2.45) is 5.41 Å². The van der Waals surface area contributed by atoms with Gasteiger partial charge in [-0.1, -0.05) is 40.5 Å². The first kappa shape index (κ1) is 98.0. The van der Waals surface area contributed by atoms with E-state index in [1.165, 1.54) is 20.8 Å². The zero-order valence-corrected chi connectivity index (χ0v) is 63.7. The van der Waals surface area contributed by atoms with Crippen molar-refractivity contribution in [3.8, 4) is 0 Å². The molecule has 8 amide bonds. The summed E-state index contributed by atoms with van der Waals surface area (Å²) in [6.45, 7) is 12.7. The Morgan fingerprint density at radius 3 is 0.935 bits per heavy atom. The molecule has 0 saturated carbocycles. The van der Waals surface area contributed by atoms with Gasteiger partial charge in [-0.05, 0) is 43.9 Å². The van der Waals surface area contributed by atoms with E-state index >= 15 is 0 Å². The van der Waals surface area contributed by atoms with Crippen LogP contribution in [0.5, 0.6) is 0 Å². The van der Waals surface area contributed by atoms with Crippen LogP contribution >= 0.6 is 0 Å². The summed E-state index contributed by atoms with van der Waals surface area (Å²) >= 11 is 0. The third kappa shape index (κ3) is 43.9. The second kappa shape index (κ2) is 57.0. The molecule has 107 heavy (non-hydrogen) atoms. The smallest absolute Gasteiger partial charge is 0.220 e. The van der Waals surface area contributed by atoms with Gasteiger partial charge in [0.25, 0.3) is 0 Å². The molecule has 0 aromatic rings. The molecule has 3 rings (SSSR count). The number of aliphatic hydroxyl groups excluding tert-OH is 9. The predicted octanol–water partition coefficient (Wildman–Crippen LogP) is -4.94. The van der Waals surface area contributed by atoms with E-state index in [0.717, 1.165) is 25.7 Å². The Hall–Kier alpha value is -5.12. The van der Waals surface area contributed by atoms with Crippen LogP contribution in [0.4, 0.5) is 0 Å². The highest BCUT2D eigenvalue weighted by atomic mass is 16.7. The average Bonchev–Trinajstić information content (AvgIpc) is 0.825. The number of hydrogen-bond donors (Lipinski definition) is 17. The normalized spacial score (nSPS) is 24.9. The van der Waals surface area contributed by atoms with Gasteiger partial charge in [0, 0.05) is 98.3 Å². The summed E-state index contributed by atoms with van der Waals surface area (Å²) in [6.07, 6.45) is -12.8. The van der Waals surface area contributed by atoms with Crippen molar-refractivity contribution in [3.63, 3.8) is 0 Å². The van der Waals surface area contributed by atoms with Crippen molar-refractivity contribution >= 4 is 47.3 Å². The molecular weight excluding hydrogens is 1420 g/mol. The largest absolute Gasteiger partial charge is 0.394 e. The number of hydrogen-bond acceptors (Lipinski definition) is 30. The number of methoxy groups -OCH3 is 1. The van der Waals surface area contributed by atoms with Gasteiger partial charge in [-0.3, -0.25) is 38.4 Å². The second-order valence-electron chi connectivity index (χ2n) is 27.6. The summed E-state index contributed by atoms with van der Waals surface area (Å²) in [5.74, 6) is -3.52. The molecule has 3 saturated heterocycles. The first-order chi connectivity index (χ1) is 51.0. The Balaban J connectivity index is 0.00000750. The monoisotopic (exact) mass is 1550 g/mol. The molecule has 38 heteroatoms. The molecule has 15 atom stereocenters. The van der Waals surface area contributed by atoms with E-state index in [4.69, 9.17) is 61.6 Å². The van der Waals surface area contributed by atoms with E-state index in [9.17, 15) is 84.3 Å². The highest BCUT2D eigenvalue weighted by Crippen LogP contribution is 2.28. The van der Waals surface area contributed by atoms with Gasteiger partial charge in [0.2, 0.25) is 47.3 Å². The maximum Gasteiger partial charge on any atom is 0.220 e. The molecule has 17 N–H and O–H groups in total. The van der Waals surface area contributed by atoms with E-state index in [2.05, 4.69) is 70.2 Å². The summed E-state index contributed by atoms with van der Waals surface area (Å²) in [4.78, 5) is 103. The Morgan fingerprint density at radius 2 is 0.626 bits per heavy atom. The predicted molar refractivity (Wildman–Crippen MR) is 379 cm³/mol. The van der Waals surface area contributed by atoms with Crippen molar-refractivity contribution in [2.75, 3.05) is 159 Å². The van der Waals surface area contributed by atoms with Crippen LogP contribution in [0.25, 0.3) is 0 Å². The number of amides is 8. The molecule has 3 aliphatic rings. The fourth-order valence-electron chi connectivity index (χ4n) is 11.0. The van der Waals surface area contributed by atoms with Gasteiger partial charge in [0.05, 0.1) is 119 Å². The number of carbonyl (C=O) groups is 8. The summed E-state index contributed by atoms with van der Waals surface area (Å²) < 4.78 is 72.2. The zero-order valence-electron chi connectivity index (χ0n) is 63.7. The van der Waals surface area contributed by atoms with Crippen LogP contribution in [0, 0.1) is 5.41 Å². The lowest BCUT2D eigenvalue weighted by molar-refractivity contribution is -0.272. The van der Waals surface area contributed by atoms with Gasteiger partial charge < -0.3 is 150 Å². The molecule has 15 unspecified atom stereocenters. The maximum absolute atomic E-state index is 13.9. The number of nitrogens with one attached hydrogen (secondary N) is 8. The van der Waals surface area contributed by atoms with Crippen LogP contribution in [-0.2, 0) is 99.9 Å². The summed E-state index contributed by atoms with van der Waals surface area (Å²) in [5, 5.41) is 113. The molecule has 0 aromatic carbocycles. The standard InChI is InChI=1S/C64H116N8O30.C5H12/c1-41(76)69-52-58(87)55(84)44(38-73)100-61(52)97-35-32-94-29-26-91-23-19-66-48(80)12-15-64(72-51(83)11-9-10-47(79)65-18-7-5-6-8-22-90-4,16-13-49(81)67-20-24-92-27-30-95-33-36-98-62-53(70-42(2)77)59(88)56(85)45(39-74)101-62)17-14-50(82)68-21-25-93-28-31-96-34-37-99-63-54(71-43(3)78)60(89)57(86)46(40-75)102-63;1-5(2,3)4/h44-46,52-63,73-75,84-89H,5-40H2,1-4H3,(H,65,79)(H,66,80)(H,67,81)(H,68,82)(H,69,76)(H,70,77)(H,71,78)(H,72,83);1-4H3. The van der Waals surface area contributed by atoms with Gasteiger partial charge in [-0.2, -0.15) is 0 Å². The van der Waals surface area contributed by atoms with Crippen LogP contribution in [0.15, 0.2) is 0 Å². The summed E-state index contributed by atoms with van der Waals surface area (Å²) in [7, 11) is 1.64. The third-order valence-corrected chi connectivity index (χ3v) is 16.4. The Bertz CT molecular complexity index is 2250. The maximum atomic E-state index is 13.9. The summed E-state index contributed by atoms with van der Waals surface area (Å²) in [5.41, 5.74) is -0.818. The first-order valence-electron chi connectivity index (χ1n) is 36.9.